The van der Waals surface area contributed by atoms with Crippen LogP contribution >= 0.6 is 0 Å². The van der Waals surface area contributed by atoms with Gasteiger partial charge in [-0.2, -0.15) is 13.2 Å². The van der Waals surface area contributed by atoms with Crippen molar-refractivity contribution in [3.8, 4) is 5.75 Å². The van der Waals surface area contributed by atoms with Crippen molar-refractivity contribution in [3.05, 3.63) is 64.2 Å². The first-order valence-corrected chi connectivity index (χ1v) is 14.0. The Labute approximate surface area is 231 Å². The first-order chi connectivity index (χ1) is 18.4. The summed E-state index contributed by atoms with van der Waals surface area (Å²) in [7, 11) is 0. The average Bonchev–Trinajstić information content (AvgIpc) is 2.89. The quantitative estimate of drug-likeness (QED) is 0.314. The highest BCUT2D eigenvalue weighted by atomic mass is 19.4. The van der Waals surface area contributed by atoms with Gasteiger partial charge in [0.25, 0.3) is 5.91 Å². The maximum absolute atomic E-state index is 12.8. The van der Waals surface area contributed by atoms with Crippen LogP contribution in [0.3, 0.4) is 0 Å². The summed E-state index contributed by atoms with van der Waals surface area (Å²) in [6.45, 7) is 18.4. The highest BCUT2D eigenvalue weighted by molar-refractivity contribution is 5.94. The summed E-state index contributed by atoms with van der Waals surface area (Å²) in [6.07, 6.45) is -2.50. The Hall–Kier alpha value is -2.58. The molecule has 0 N–H and O–H groups in total. The summed E-state index contributed by atoms with van der Waals surface area (Å²) in [5, 5.41) is 0. The van der Waals surface area contributed by atoms with Crippen molar-refractivity contribution in [2.45, 2.75) is 72.6 Å². The summed E-state index contributed by atoms with van der Waals surface area (Å²) in [6, 6.07) is 9.77. The van der Waals surface area contributed by atoms with Crippen molar-refractivity contribution >= 4 is 5.91 Å². The molecule has 5 nitrogen and oxygen atoms in total. The van der Waals surface area contributed by atoms with E-state index in [1.807, 2.05) is 0 Å². The van der Waals surface area contributed by atoms with Gasteiger partial charge in [0, 0.05) is 56.9 Å². The van der Waals surface area contributed by atoms with Gasteiger partial charge in [0.1, 0.15) is 5.75 Å². The third-order valence-corrected chi connectivity index (χ3v) is 7.81. The van der Waals surface area contributed by atoms with Crippen LogP contribution in [0, 0.1) is 13.8 Å². The minimum absolute atomic E-state index is 0.216. The molecule has 0 aromatic heterocycles. The fraction of sp³-hybridized carbons (Fsp3) is 0.581. The van der Waals surface area contributed by atoms with Gasteiger partial charge in [-0.05, 0) is 101 Å². The molecule has 1 amide bonds. The van der Waals surface area contributed by atoms with Gasteiger partial charge in [0.15, 0.2) is 0 Å². The van der Waals surface area contributed by atoms with Crippen molar-refractivity contribution in [1.29, 1.82) is 0 Å². The lowest BCUT2D eigenvalue weighted by molar-refractivity contribution is -0.137. The molecular formula is C31H44F3N3O2. The normalized spacial score (nSPS) is 15.0. The fourth-order valence-electron chi connectivity index (χ4n) is 5.26. The zero-order valence-corrected chi connectivity index (χ0v) is 24.3. The first kappa shape index (κ1) is 31.0. The Bertz CT molecular complexity index is 1070. The number of nitrogens with zero attached hydrogens (tertiary/aromatic N) is 3. The van der Waals surface area contributed by atoms with Gasteiger partial charge in [0.05, 0.1) is 12.2 Å². The van der Waals surface area contributed by atoms with E-state index in [1.54, 1.807) is 4.90 Å². The van der Waals surface area contributed by atoms with Crippen molar-refractivity contribution in [2.24, 2.45) is 0 Å². The standard InChI is InChI=1S/C31H44F3N3O2/c1-22(2)37(23(3)4)15-7-21-39-29-13-10-26(24(5)25(29)6)14-16-35-17-19-36(20-18-35)30(38)27-8-11-28(12-9-27)31(32,33)34/h8-13,22-23H,7,14-21H2,1-6H3. The van der Waals surface area contributed by atoms with Crippen LogP contribution < -0.4 is 4.74 Å². The average molecular weight is 548 g/mol. The molecule has 0 aliphatic carbocycles. The molecule has 0 unspecified atom stereocenters. The Kier molecular flexibility index (Phi) is 10.8. The van der Waals surface area contributed by atoms with Gasteiger partial charge in [-0.1, -0.05) is 6.07 Å². The topological polar surface area (TPSA) is 36.0 Å². The number of ether oxygens (including phenoxy) is 1. The maximum atomic E-state index is 12.8. The molecule has 8 heteroatoms. The van der Waals surface area contributed by atoms with Crippen molar-refractivity contribution in [1.82, 2.24) is 14.7 Å². The lowest BCUT2D eigenvalue weighted by Crippen LogP contribution is -2.49. The van der Waals surface area contributed by atoms with E-state index in [2.05, 4.69) is 63.5 Å². The second-order valence-electron chi connectivity index (χ2n) is 11.1. The summed E-state index contributed by atoms with van der Waals surface area (Å²) in [5.74, 6) is 0.735. The summed E-state index contributed by atoms with van der Waals surface area (Å²) >= 11 is 0. The number of amides is 1. The summed E-state index contributed by atoms with van der Waals surface area (Å²) in [4.78, 5) is 19.3. The molecule has 216 valence electrons. The predicted octanol–water partition coefficient (Wildman–Crippen LogP) is 6.21. The van der Waals surface area contributed by atoms with E-state index in [0.717, 1.165) is 56.9 Å². The molecule has 0 spiro atoms. The van der Waals surface area contributed by atoms with E-state index in [4.69, 9.17) is 4.74 Å². The predicted molar refractivity (Wildman–Crippen MR) is 150 cm³/mol. The maximum Gasteiger partial charge on any atom is 0.416 e. The van der Waals surface area contributed by atoms with Crippen LogP contribution in [0.25, 0.3) is 0 Å². The number of carbonyl (C=O) groups excluding carboxylic acids is 1. The van der Waals surface area contributed by atoms with Gasteiger partial charge in [-0.15, -0.1) is 0 Å². The largest absolute Gasteiger partial charge is 0.493 e. The highest BCUT2D eigenvalue weighted by Crippen LogP contribution is 2.29. The molecule has 1 fully saturated rings. The molecule has 1 saturated heterocycles. The van der Waals surface area contributed by atoms with E-state index in [0.29, 0.717) is 37.3 Å². The fourth-order valence-corrected chi connectivity index (χ4v) is 5.26. The highest BCUT2D eigenvalue weighted by Gasteiger charge is 2.30. The van der Waals surface area contributed by atoms with Gasteiger partial charge in [-0.25, -0.2) is 0 Å². The summed E-state index contributed by atoms with van der Waals surface area (Å²) < 4.78 is 44.5. The molecule has 0 saturated carbocycles. The zero-order valence-electron chi connectivity index (χ0n) is 24.3. The summed E-state index contributed by atoms with van der Waals surface area (Å²) in [5.41, 5.74) is 3.29. The minimum atomic E-state index is -4.40. The smallest absolute Gasteiger partial charge is 0.416 e. The Morgan fingerprint density at radius 3 is 2.10 bits per heavy atom. The Morgan fingerprint density at radius 2 is 1.54 bits per heavy atom. The number of hydrogen-bond acceptors (Lipinski definition) is 4. The molecular weight excluding hydrogens is 503 g/mol. The Morgan fingerprint density at radius 1 is 0.923 bits per heavy atom. The van der Waals surface area contributed by atoms with Crippen LogP contribution in [0.5, 0.6) is 5.75 Å². The minimum Gasteiger partial charge on any atom is -0.493 e. The zero-order chi connectivity index (χ0) is 28.7. The number of rotatable bonds is 11. The third kappa shape index (κ3) is 8.45. The molecule has 39 heavy (non-hydrogen) atoms. The number of halogens is 3. The molecule has 3 rings (SSSR count). The van der Waals surface area contributed by atoms with Crippen LogP contribution in [0.1, 0.15) is 66.7 Å². The molecule has 2 aromatic rings. The van der Waals surface area contributed by atoms with Crippen LogP contribution in [-0.4, -0.2) is 78.6 Å². The van der Waals surface area contributed by atoms with E-state index >= 15 is 0 Å². The molecule has 0 radical (unpaired) electrons. The first-order valence-electron chi connectivity index (χ1n) is 14.0. The van der Waals surface area contributed by atoms with E-state index in [-0.39, 0.29) is 5.91 Å². The number of alkyl halides is 3. The van der Waals surface area contributed by atoms with Gasteiger partial charge in [-0.3, -0.25) is 14.6 Å². The van der Waals surface area contributed by atoms with Gasteiger partial charge >= 0.3 is 6.18 Å². The molecule has 1 aliphatic heterocycles. The molecule has 2 aromatic carbocycles. The van der Waals surface area contributed by atoms with Crippen LogP contribution in [-0.2, 0) is 12.6 Å². The van der Waals surface area contributed by atoms with E-state index in [9.17, 15) is 18.0 Å². The number of piperazine rings is 1. The lowest BCUT2D eigenvalue weighted by atomic mass is 9.99. The van der Waals surface area contributed by atoms with E-state index < -0.39 is 11.7 Å². The molecule has 1 aliphatic rings. The van der Waals surface area contributed by atoms with Gasteiger partial charge in [0.2, 0.25) is 0 Å². The van der Waals surface area contributed by atoms with Crippen molar-refractivity contribution < 1.29 is 22.7 Å². The van der Waals surface area contributed by atoms with Crippen LogP contribution in [0.2, 0.25) is 0 Å². The number of carbonyl (C=O) groups is 1. The Balaban J connectivity index is 1.45. The van der Waals surface area contributed by atoms with Crippen LogP contribution in [0.15, 0.2) is 36.4 Å². The molecule has 1 heterocycles. The van der Waals surface area contributed by atoms with Crippen molar-refractivity contribution in [3.63, 3.8) is 0 Å². The van der Waals surface area contributed by atoms with Gasteiger partial charge < -0.3 is 9.64 Å². The second kappa shape index (κ2) is 13.7. The van der Waals surface area contributed by atoms with E-state index in [1.165, 1.54) is 28.8 Å². The monoisotopic (exact) mass is 547 g/mol. The second-order valence-corrected chi connectivity index (χ2v) is 11.1. The molecule has 0 bridgehead atoms. The number of benzene rings is 2. The van der Waals surface area contributed by atoms with Crippen LogP contribution in [0.4, 0.5) is 13.2 Å². The lowest BCUT2D eigenvalue weighted by Gasteiger charge is -2.35. The third-order valence-electron chi connectivity index (χ3n) is 7.81. The SMILES string of the molecule is Cc1c(CCN2CCN(C(=O)c3ccc(C(F)(F)F)cc3)CC2)ccc(OCCCN(C(C)C)C(C)C)c1C. The molecule has 0 atom stereocenters. The number of hydrogen-bond donors (Lipinski definition) is 0. The van der Waals surface area contributed by atoms with Crippen molar-refractivity contribution in [2.75, 3.05) is 45.9 Å².